The molecule has 2 aromatic carbocycles. The average molecular weight is 382 g/mol. The molecule has 0 radical (unpaired) electrons. The molecule has 1 N–H and O–H groups in total. The first-order valence-corrected chi connectivity index (χ1v) is 9.94. The number of aromatic nitrogens is 3. The summed E-state index contributed by atoms with van der Waals surface area (Å²) >= 11 is 0. The van der Waals surface area contributed by atoms with Gasteiger partial charge in [-0.2, -0.15) is 5.10 Å². The Hall–Kier alpha value is -3.47. The number of para-hydroxylation sites is 1. The summed E-state index contributed by atoms with van der Waals surface area (Å²) in [6.07, 6.45) is 5.37. The molecule has 144 valence electrons. The van der Waals surface area contributed by atoms with Crippen molar-refractivity contribution in [1.82, 2.24) is 15.2 Å². The van der Waals surface area contributed by atoms with Crippen LogP contribution < -0.4 is 10.1 Å². The molecule has 1 unspecified atom stereocenters. The fourth-order valence-corrected chi connectivity index (χ4v) is 3.88. The van der Waals surface area contributed by atoms with E-state index in [1.165, 1.54) is 11.1 Å². The summed E-state index contributed by atoms with van der Waals surface area (Å²) in [4.78, 5) is 4.09. The topological polar surface area (TPSA) is 59.9 Å². The highest BCUT2D eigenvalue weighted by Crippen LogP contribution is 2.28. The van der Waals surface area contributed by atoms with E-state index in [1.807, 2.05) is 42.7 Å². The number of nitrogens with zero attached hydrogens (tertiary/aromatic N) is 3. The molecule has 29 heavy (non-hydrogen) atoms. The second-order valence-corrected chi connectivity index (χ2v) is 7.44. The van der Waals surface area contributed by atoms with Gasteiger partial charge in [-0.25, -0.2) is 0 Å². The molecule has 1 aliphatic rings. The monoisotopic (exact) mass is 382 g/mol. The number of anilines is 1. The lowest BCUT2D eigenvalue weighted by Crippen LogP contribution is -2.27. The van der Waals surface area contributed by atoms with Crippen molar-refractivity contribution in [1.29, 1.82) is 0 Å². The quantitative estimate of drug-likeness (QED) is 0.558. The van der Waals surface area contributed by atoms with Gasteiger partial charge < -0.3 is 10.1 Å². The van der Waals surface area contributed by atoms with Gasteiger partial charge in [-0.3, -0.25) is 4.98 Å². The van der Waals surface area contributed by atoms with E-state index >= 15 is 0 Å². The number of rotatable bonds is 5. The smallest absolute Gasteiger partial charge is 0.156 e. The Labute approximate surface area is 169 Å². The molecule has 0 saturated carbocycles. The Balaban J connectivity index is 1.35. The summed E-state index contributed by atoms with van der Waals surface area (Å²) in [5.41, 5.74) is 3.43. The average Bonchev–Trinajstić information content (AvgIpc) is 2.79. The highest BCUT2D eigenvalue weighted by atomic mass is 16.5. The van der Waals surface area contributed by atoms with Crippen LogP contribution in [0.25, 0.3) is 10.8 Å². The van der Waals surface area contributed by atoms with Gasteiger partial charge in [-0.1, -0.05) is 42.5 Å². The Bertz CT molecular complexity index is 1130. The zero-order valence-corrected chi connectivity index (χ0v) is 16.1. The highest BCUT2D eigenvalue weighted by molar-refractivity contribution is 5.93. The number of ether oxygens (including phenoxy) is 1. The first-order valence-electron chi connectivity index (χ1n) is 9.94. The molecule has 1 atom stereocenters. The van der Waals surface area contributed by atoms with E-state index in [9.17, 15) is 0 Å². The maximum absolute atomic E-state index is 5.92. The number of benzene rings is 2. The number of fused-ring (bicyclic) bond motifs is 2. The highest BCUT2D eigenvalue weighted by Gasteiger charge is 2.20. The van der Waals surface area contributed by atoms with Crippen molar-refractivity contribution >= 4 is 16.6 Å². The minimum atomic E-state index is 0.405. The Morgan fingerprint density at radius 1 is 0.897 bits per heavy atom. The molecule has 3 heterocycles. The molecule has 0 fully saturated rings. The van der Waals surface area contributed by atoms with Crippen LogP contribution in [0.5, 0.6) is 5.75 Å². The summed E-state index contributed by atoms with van der Waals surface area (Å²) < 4.78 is 5.92. The third-order valence-electron chi connectivity index (χ3n) is 5.40. The third kappa shape index (κ3) is 3.76. The second-order valence-electron chi connectivity index (χ2n) is 7.44. The van der Waals surface area contributed by atoms with Crippen molar-refractivity contribution in [3.8, 4) is 5.75 Å². The van der Waals surface area contributed by atoms with Gasteiger partial charge in [0, 0.05) is 42.0 Å². The van der Waals surface area contributed by atoms with Crippen LogP contribution in [-0.4, -0.2) is 28.3 Å². The van der Waals surface area contributed by atoms with Gasteiger partial charge >= 0.3 is 0 Å². The van der Waals surface area contributed by atoms with Crippen molar-refractivity contribution in [2.24, 2.45) is 5.92 Å². The van der Waals surface area contributed by atoms with Crippen LogP contribution >= 0.6 is 0 Å². The van der Waals surface area contributed by atoms with Crippen LogP contribution in [0.3, 0.4) is 0 Å². The van der Waals surface area contributed by atoms with E-state index in [4.69, 9.17) is 4.74 Å². The molecule has 5 rings (SSSR count). The van der Waals surface area contributed by atoms with E-state index in [0.29, 0.717) is 5.92 Å². The van der Waals surface area contributed by atoms with E-state index in [1.54, 1.807) is 0 Å². The van der Waals surface area contributed by atoms with Gasteiger partial charge in [0.25, 0.3) is 0 Å². The normalized spacial score (nSPS) is 15.5. The number of nitrogens with one attached hydrogen (secondary N) is 1. The van der Waals surface area contributed by atoms with Crippen molar-refractivity contribution in [2.75, 3.05) is 18.5 Å². The first kappa shape index (κ1) is 17.6. The minimum Gasteiger partial charge on any atom is -0.493 e. The summed E-state index contributed by atoms with van der Waals surface area (Å²) in [6.45, 7) is 1.52. The Morgan fingerprint density at radius 2 is 1.69 bits per heavy atom. The lowest BCUT2D eigenvalue weighted by molar-refractivity contribution is 0.229. The van der Waals surface area contributed by atoms with E-state index in [0.717, 1.165) is 54.0 Å². The third-order valence-corrected chi connectivity index (χ3v) is 5.40. The van der Waals surface area contributed by atoms with Crippen molar-refractivity contribution in [2.45, 2.75) is 12.8 Å². The first-order chi connectivity index (χ1) is 14.4. The predicted octanol–water partition coefficient (Wildman–Crippen LogP) is 4.28. The molecule has 0 spiro atoms. The zero-order chi connectivity index (χ0) is 19.5. The van der Waals surface area contributed by atoms with Gasteiger partial charge in [-0.15, -0.1) is 5.10 Å². The summed E-state index contributed by atoms with van der Waals surface area (Å²) in [5, 5.41) is 14.8. The molecule has 5 nitrogen and oxygen atoms in total. The SMILES string of the molecule is c1ccc2c(c1)CC(CNc1nnc(Cc3ccncc3)c3ccccc13)CO2. The van der Waals surface area contributed by atoms with Crippen molar-refractivity contribution in [3.05, 3.63) is 89.9 Å². The van der Waals surface area contributed by atoms with E-state index in [-0.39, 0.29) is 0 Å². The van der Waals surface area contributed by atoms with Crippen LogP contribution in [0, 0.1) is 5.92 Å². The lowest BCUT2D eigenvalue weighted by atomic mass is 9.96. The van der Waals surface area contributed by atoms with Gasteiger partial charge in [0.05, 0.1) is 12.3 Å². The maximum Gasteiger partial charge on any atom is 0.156 e. The number of pyridine rings is 1. The maximum atomic E-state index is 5.92. The summed E-state index contributed by atoms with van der Waals surface area (Å²) in [7, 11) is 0. The lowest BCUT2D eigenvalue weighted by Gasteiger charge is -2.25. The molecule has 0 aliphatic carbocycles. The number of hydrogen-bond acceptors (Lipinski definition) is 5. The summed E-state index contributed by atoms with van der Waals surface area (Å²) in [5.74, 6) is 2.24. The fraction of sp³-hybridized carbons (Fsp3) is 0.208. The Morgan fingerprint density at radius 3 is 2.59 bits per heavy atom. The van der Waals surface area contributed by atoms with Gasteiger partial charge in [0.15, 0.2) is 5.82 Å². The van der Waals surface area contributed by atoms with Crippen LogP contribution in [0.1, 0.15) is 16.8 Å². The van der Waals surface area contributed by atoms with Crippen LogP contribution in [0.4, 0.5) is 5.82 Å². The van der Waals surface area contributed by atoms with E-state index < -0.39 is 0 Å². The zero-order valence-electron chi connectivity index (χ0n) is 16.1. The van der Waals surface area contributed by atoms with Crippen LogP contribution in [0.15, 0.2) is 73.1 Å². The predicted molar refractivity (Wildman–Crippen MR) is 114 cm³/mol. The van der Waals surface area contributed by atoms with Gasteiger partial charge in [0.1, 0.15) is 5.75 Å². The van der Waals surface area contributed by atoms with E-state index in [2.05, 4.69) is 50.8 Å². The molecular formula is C24H22N4O. The molecule has 1 aliphatic heterocycles. The largest absolute Gasteiger partial charge is 0.493 e. The van der Waals surface area contributed by atoms with Crippen LogP contribution in [0.2, 0.25) is 0 Å². The molecule has 0 amide bonds. The van der Waals surface area contributed by atoms with Gasteiger partial charge in [-0.05, 0) is 35.7 Å². The second kappa shape index (κ2) is 7.87. The Kier molecular flexibility index (Phi) is 4.78. The fourth-order valence-electron chi connectivity index (χ4n) is 3.88. The molecule has 0 saturated heterocycles. The molecular weight excluding hydrogens is 360 g/mol. The number of hydrogen-bond donors (Lipinski definition) is 1. The molecule has 2 aromatic heterocycles. The molecule has 5 heteroatoms. The standard InChI is InChI=1S/C24H22N4O/c1-4-8-23-19(5-1)13-18(16-29-23)15-26-24-21-7-3-2-6-20(21)22(27-28-24)14-17-9-11-25-12-10-17/h1-12,18H,13-16H2,(H,26,28). The van der Waals surface area contributed by atoms with Crippen LogP contribution in [-0.2, 0) is 12.8 Å². The molecule has 0 bridgehead atoms. The summed E-state index contributed by atoms with van der Waals surface area (Å²) in [6, 6.07) is 20.6. The molecule has 4 aromatic rings. The van der Waals surface area contributed by atoms with Crippen molar-refractivity contribution in [3.63, 3.8) is 0 Å². The van der Waals surface area contributed by atoms with Crippen molar-refractivity contribution < 1.29 is 4.74 Å². The van der Waals surface area contributed by atoms with Gasteiger partial charge in [0.2, 0.25) is 0 Å². The minimum absolute atomic E-state index is 0.405.